The van der Waals surface area contributed by atoms with Crippen LogP contribution in [0.25, 0.3) is 0 Å². The fourth-order valence-corrected chi connectivity index (χ4v) is 2.51. The maximum absolute atomic E-state index is 13.1. The molecule has 2 unspecified atom stereocenters. The van der Waals surface area contributed by atoms with E-state index in [2.05, 4.69) is 18.7 Å². The first-order chi connectivity index (χ1) is 7.56. The van der Waals surface area contributed by atoms with Crippen molar-refractivity contribution in [3.63, 3.8) is 0 Å². The van der Waals surface area contributed by atoms with Crippen LogP contribution < -0.4 is 0 Å². The summed E-state index contributed by atoms with van der Waals surface area (Å²) in [7, 11) is 0. The standard InChI is InChI=1S/C13H18FNO/c1-9-5-10(2)15(7-9)8-11-6-12(14)3-4-13(11)16/h3-4,6,9-10,16H,5,7-8H2,1-2H3. The highest BCUT2D eigenvalue weighted by molar-refractivity contribution is 5.32. The van der Waals surface area contributed by atoms with Gasteiger partial charge in [0.25, 0.3) is 0 Å². The molecule has 3 heteroatoms. The van der Waals surface area contributed by atoms with Gasteiger partial charge in [0.05, 0.1) is 0 Å². The van der Waals surface area contributed by atoms with Gasteiger partial charge in [-0.2, -0.15) is 0 Å². The third-order valence-corrected chi connectivity index (χ3v) is 3.33. The number of phenolic OH excluding ortho intramolecular Hbond substituents is 1. The molecule has 88 valence electrons. The topological polar surface area (TPSA) is 23.5 Å². The summed E-state index contributed by atoms with van der Waals surface area (Å²) in [4.78, 5) is 2.29. The monoisotopic (exact) mass is 223 g/mol. The van der Waals surface area contributed by atoms with Crippen molar-refractivity contribution in [2.75, 3.05) is 6.54 Å². The summed E-state index contributed by atoms with van der Waals surface area (Å²) in [6.45, 7) is 6.06. The lowest BCUT2D eigenvalue weighted by Gasteiger charge is -2.21. The molecule has 0 aromatic heterocycles. The van der Waals surface area contributed by atoms with Gasteiger partial charge >= 0.3 is 0 Å². The molecule has 2 nitrogen and oxygen atoms in total. The average molecular weight is 223 g/mol. The van der Waals surface area contributed by atoms with Gasteiger partial charge in [-0.05, 0) is 37.5 Å². The van der Waals surface area contributed by atoms with E-state index < -0.39 is 0 Å². The van der Waals surface area contributed by atoms with E-state index in [1.54, 1.807) is 0 Å². The van der Waals surface area contributed by atoms with Crippen LogP contribution in [0.3, 0.4) is 0 Å². The van der Waals surface area contributed by atoms with E-state index >= 15 is 0 Å². The summed E-state index contributed by atoms with van der Waals surface area (Å²) in [5.74, 6) is 0.589. The molecule has 0 spiro atoms. The molecule has 1 aliphatic rings. The number of phenols is 1. The molecule has 1 heterocycles. The van der Waals surface area contributed by atoms with Crippen molar-refractivity contribution >= 4 is 0 Å². The van der Waals surface area contributed by atoms with Crippen molar-refractivity contribution < 1.29 is 9.50 Å². The first-order valence-electron chi connectivity index (χ1n) is 5.77. The Balaban J connectivity index is 2.11. The Kier molecular flexibility index (Phi) is 3.15. The predicted molar refractivity (Wildman–Crippen MR) is 61.7 cm³/mol. The molecule has 1 saturated heterocycles. The third-order valence-electron chi connectivity index (χ3n) is 3.33. The van der Waals surface area contributed by atoms with E-state index in [0.29, 0.717) is 24.1 Å². The molecule has 16 heavy (non-hydrogen) atoms. The molecule has 1 aromatic carbocycles. The zero-order valence-corrected chi connectivity index (χ0v) is 9.78. The second kappa shape index (κ2) is 4.42. The Labute approximate surface area is 95.7 Å². The maximum atomic E-state index is 13.1. The number of halogens is 1. The minimum Gasteiger partial charge on any atom is -0.508 e. The zero-order valence-electron chi connectivity index (χ0n) is 9.78. The smallest absolute Gasteiger partial charge is 0.123 e. The van der Waals surface area contributed by atoms with Crippen molar-refractivity contribution in [2.24, 2.45) is 5.92 Å². The van der Waals surface area contributed by atoms with E-state index in [4.69, 9.17) is 0 Å². The number of likely N-dealkylation sites (tertiary alicyclic amines) is 1. The van der Waals surface area contributed by atoms with Gasteiger partial charge < -0.3 is 5.11 Å². The fraction of sp³-hybridized carbons (Fsp3) is 0.538. The largest absolute Gasteiger partial charge is 0.508 e. The van der Waals surface area contributed by atoms with Crippen molar-refractivity contribution in [1.82, 2.24) is 4.90 Å². The van der Waals surface area contributed by atoms with Gasteiger partial charge in [0.2, 0.25) is 0 Å². The summed E-state index contributed by atoms with van der Waals surface area (Å²) in [5, 5.41) is 9.65. The van der Waals surface area contributed by atoms with E-state index in [1.807, 2.05) is 0 Å². The van der Waals surface area contributed by atoms with Gasteiger partial charge in [0, 0.05) is 24.7 Å². The summed E-state index contributed by atoms with van der Waals surface area (Å²) in [6, 6.07) is 4.65. The van der Waals surface area contributed by atoms with E-state index in [-0.39, 0.29) is 11.6 Å². The van der Waals surface area contributed by atoms with Crippen molar-refractivity contribution in [2.45, 2.75) is 32.9 Å². The quantitative estimate of drug-likeness (QED) is 0.833. The van der Waals surface area contributed by atoms with E-state index in [1.165, 1.54) is 24.6 Å². The molecule has 0 radical (unpaired) electrons. The Hall–Kier alpha value is -1.09. The van der Waals surface area contributed by atoms with Crippen LogP contribution in [0.5, 0.6) is 5.75 Å². The highest BCUT2D eigenvalue weighted by Gasteiger charge is 2.26. The Morgan fingerprint density at radius 2 is 2.19 bits per heavy atom. The van der Waals surface area contributed by atoms with Crippen LogP contribution in [0.4, 0.5) is 4.39 Å². The molecule has 1 aromatic rings. The summed E-state index contributed by atoms with van der Waals surface area (Å²) < 4.78 is 13.1. The van der Waals surface area contributed by atoms with Crippen molar-refractivity contribution in [3.8, 4) is 5.75 Å². The Morgan fingerprint density at radius 3 is 2.81 bits per heavy atom. The van der Waals surface area contributed by atoms with Gasteiger partial charge in [0.1, 0.15) is 11.6 Å². The fourth-order valence-electron chi connectivity index (χ4n) is 2.51. The lowest BCUT2D eigenvalue weighted by atomic mass is 10.1. The van der Waals surface area contributed by atoms with Crippen LogP contribution in [0.1, 0.15) is 25.8 Å². The second-order valence-corrected chi connectivity index (χ2v) is 4.89. The van der Waals surface area contributed by atoms with Crippen molar-refractivity contribution in [3.05, 3.63) is 29.6 Å². The van der Waals surface area contributed by atoms with Crippen LogP contribution in [0, 0.1) is 11.7 Å². The molecule has 0 amide bonds. The second-order valence-electron chi connectivity index (χ2n) is 4.89. The van der Waals surface area contributed by atoms with Crippen LogP contribution in [0.15, 0.2) is 18.2 Å². The van der Waals surface area contributed by atoms with Gasteiger partial charge in [-0.3, -0.25) is 4.90 Å². The summed E-state index contributed by atoms with van der Waals surface area (Å²) in [5.41, 5.74) is 0.681. The minimum atomic E-state index is -0.285. The number of aromatic hydroxyl groups is 1. The van der Waals surface area contributed by atoms with Gasteiger partial charge in [0.15, 0.2) is 0 Å². The molecule has 2 rings (SSSR count). The molecule has 2 atom stereocenters. The van der Waals surface area contributed by atoms with Crippen molar-refractivity contribution in [1.29, 1.82) is 0 Å². The number of rotatable bonds is 2. The first-order valence-corrected chi connectivity index (χ1v) is 5.77. The lowest BCUT2D eigenvalue weighted by Crippen LogP contribution is -2.26. The summed E-state index contributed by atoms with van der Waals surface area (Å²) in [6.07, 6.45) is 1.18. The summed E-state index contributed by atoms with van der Waals surface area (Å²) >= 11 is 0. The highest BCUT2D eigenvalue weighted by Crippen LogP contribution is 2.27. The number of hydrogen-bond acceptors (Lipinski definition) is 2. The average Bonchev–Trinajstić information content (AvgIpc) is 2.51. The number of nitrogens with zero attached hydrogens (tertiary/aromatic N) is 1. The van der Waals surface area contributed by atoms with Gasteiger partial charge in [-0.15, -0.1) is 0 Å². The molecule has 1 fully saturated rings. The van der Waals surface area contributed by atoms with Crippen LogP contribution >= 0.6 is 0 Å². The highest BCUT2D eigenvalue weighted by atomic mass is 19.1. The number of benzene rings is 1. The lowest BCUT2D eigenvalue weighted by molar-refractivity contribution is 0.252. The minimum absolute atomic E-state index is 0.188. The molecule has 0 bridgehead atoms. The zero-order chi connectivity index (χ0) is 11.7. The van der Waals surface area contributed by atoms with Crippen LogP contribution in [0.2, 0.25) is 0 Å². The normalized spacial score (nSPS) is 26.2. The molecule has 1 N–H and O–H groups in total. The van der Waals surface area contributed by atoms with E-state index in [0.717, 1.165) is 6.54 Å². The van der Waals surface area contributed by atoms with Crippen LogP contribution in [-0.4, -0.2) is 22.6 Å². The molecular formula is C13H18FNO. The van der Waals surface area contributed by atoms with Gasteiger partial charge in [-0.25, -0.2) is 4.39 Å². The molecule has 1 aliphatic heterocycles. The number of hydrogen-bond donors (Lipinski definition) is 1. The van der Waals surface area contributed by atoms with Gasteiger partial charge in [-0.1, -0.05) is 6.92 Å². The van der Waals surface area contributed by atoms with E-state index in [9.17, 15) is 9.50 Å². The predicted octanol–water partition coefficient (Wildman–Crippen LogP) is 2.76. The Bertz CT molecular complexity index is 380. The molecular weight excluding hydrogens is 205 g/mol. The SMILES string of the molecule is CC1CC(C)N(Cc2cc(F)ccc2O)C1. The third kappa shape index (κ3) is 2.35. The molecule has 0 saturated carbocycles. The molecule has 0 aliphatic carbocycles. The van der Waals surface area contributed by atoms with Crippen LogP contribution in [-0.2, 0) is 6.54 Å². The first kappa shape index (κ1) is 11.4. The Morgan fingerprint density at radius 1 is 1.44 bits per heavy atom. The maximum Gasteiger partial charge on any atom is 0.123 e.